The third-order valence-electron chi connectivity index (χ3n) is 2.44. The second kappa shape index (κ2) is 6.09. The van der Waals surface area contributed by atoms with Crippen molar-refractivity contribution in [2.45, 2.75) is 32.1 Å². The highest BCUT2D eigenvalue weighted by molar-refractivity contribution is 9.10. The molecule has 0 fully saturated rings. The molecule has 3 nitrogen and oxygen atoms in total. The molecule has 0 radical (unpaired) electrons. The molecule has 1 atom stereocenters. The maximum absolute atomic E-state index is 12.1. The van der Waals surface area contributed by atoms with Gasteiger partial charge in [0.15, 0.2) is 0 Å². The van der Waals surface area contributed by atoms with E-state index in [-0.39, 0.29) is 16.7 Å². The molecule has 0 aliphatic heterocycles. The monoisotopic (exact) mass is 287 g/mol. The van der Waals surface area contributed by atoms with Gasteiger partial charge >= 0.3 is 0 Å². The van der Waals surface area contributed by atoms with Gasteiger partial charge in [-0.05, 0) is 25.0 Å². The Morgan fingerprint density at radius 2 is 2.25 bits per heavy atom. The Labute approximate surface area is 105 Å². The van der Waals surface area contributed by atoms with Gasteiger partial charge in [-0.1, -0.05) is 29.8 Å². The second-order valence-electron chi connectivity index (χ2n) is 4.08. The van der Waals surface area contributed by atoms with Gasteiger partial charge in [0.05, 0.1) is 17.6 Å². The fourth-order valence-corrected chi connectivity index (χ4v) is 1.69. The zero-order valence-electron chi connectivity index (χ0n) is 9.94. The van der Waals surface area contributed by atoms with Crippen LogP contribution in [0.25, 0.3) is 0 Å². The SMILES string of the molecule is CCN(Cc1ccco1)C(=O)C(Br)C(C)C. The lowest BCUT2D eigenvalue weighted by Crippen LogP contribution is -2.38. The van der Waals surface area contributed by atoms with Crippen LogP contribution in [0, 0.1) is 5.92 Å². The fraction of sp³-hybridized carbons (Fsp3) is 0.583. The molecule has 0 spiro atoms. The van der Waals surface area contributed by atoms with Crippen molar-refractivity contribution in [2.75, 3.05) is 6.54 Å². The maximum atomic E-state index is 12.1. The highest BCUT2D eigenvalue weighted by Crippen LogP contribution is 2.16. The standard InChI is InChI=1S/C12H18BrNO2/c1-4-14(8-10-6-5-7-16-10)12(15)11(13)9(2)3/h5-7,9,11H,4,8H2,1-3H3. The van der Waals surface area contributed by atoms with E-state index in [1.54, 1.807) is 11.2 Å². The summed E-state index contributed by atoms with van der Waals surface area (Å²) in [7, 11) is 0. The number of hydrogen-bond donors (Lipinski definition) is 0. The summed E-state index contributed by atoms with van der Waals surface area (Å²) in [6, 6.07) is 3.72. The molecule has 1 unspecified atom stereocenters. The zero-order chi connectivity index (χ0) is 12.1. The predicted octanol–water partition coefficient (Wildman–Crippen LogP) is 3.05. The van der Waals surface area contributed by atoms with Crippen LogP contribution in [0.4, 0.5) is 0 Å². The van der Waals surface area contributed by atoms with Gasteiger partial charge in [0, 0.05) is 6.54 Å². The largest absolute Gasteiger partial charge is 0.467 e. The molecule has 1 heterocycles. The summed E-state index contributed by atoms with van der Waals surface area (Å²) in [4.78, 5) is 13.7. The van der Waals surface area contributed by atoms with Crippen molar-refractivity contribution < 1.29 is 9.21 Å². The molecule has 0 N–H and O–H groups in total. The van der Waals surface area contributed by atoms with Gasteiger partial charge in [0.1, 0.15) is 5.76 Å². The minimum atomic E-state index is -0.123. The van der Waals surface area contributed by atoms with Crippen LogP contribution in [0.3, 0.4) is 0 Å². The smallest absolute Gasteiger partial charge is 0.237 e. The lowest BCUT2D eigenvalue weighted by molar-refractivity contribution is -0.131. The second-order valence-corrected chi connectivity index (χ2v) is 5.06. The van der Waals surface area contributed by atoms with Crippen LogP contribution in [0.5, 0.6) is 0 Å². The van der Waals surface area contributed by atoms with Crippen LogP contribution in [0.1, 0.15) is 26.5 Å². The van der Waals surface area contributed by atoms with Crippen LogP contribution in [-0.2, 0) is 11.3 Å². The van der Waals surface area contributed by atoms with Crippen molar-refractivity contribution in [1.29, 1.82) is 0 Å². The molecule has 1 aromatic heterocycles. The number of nitrogens with zero attached hydrogens (tertiary/aromatic N) is 1. The maximum Gasteiger partial charge on any atom is 0.237 e. The molecule has 1 aromatic rings. The van der Waals surface area contributed by atoms with Gasteiger partial charge in [-0.3, -0.25) is 4.79 Å². The first-order valence-electron chi connectivity index (χ1n) is 5.51. The number of hydrogen-bond acceptors (Lipinski definition) is 2. The summed E-state index contributed by atoms with van der Waals surface area (Å²) in [5.74, 6) is 1.23. The molecule has 0 saturated heterocycles. The Morgan fingerprint density at radius 3 is 2.69 bits per heavy atom. The molecular formula is C12H18BrNO2. The van der Waals surface area contributed by atoms with Gasteiger partial charge in [-0.15, -0.1) is 0 Å². The summed E-state index contributed by atoms with van der Waals surface area (Å²) in [5, 5.41) is 0. The van der Waals surface area contributed by atoms with Gasteiger partial charge in [-0.2, -0.15) is 0 Å². The number of amides is 1. The predicted molar refractivity (Wildman–Crippen MR) is 67.4 cm³/mol. The van der Waals surface area contributed by atoms with E-state index in [0.29, 0.717) is 13.1 Å². The van der Waals surface area contributed by atoms with Crippen LogP contribution < -0.4 is 0 Å². The molecule has 1 rings (SSSR count). The van der Waals surface area contributed by atoms with E-state index in [2.05, 4.69) is 15.9 Å². The molecule has 90 valence electrons. The van der Waals surface area contributed by atoms with Crippen molar-refractivity contribution in [3.8, 4) is 0 Å². The minimum Gasteiger partial charge on any atom is -0.467 e. The van der Waals surface area contributed by atoms with Gasteiger partial charge in [-0.25, -0.2) is 0 Å². The summed E-state index contributed by atoms with van der Waals surface area (Å²) < 4.78 is 5.25. The van der Waals surface area contributed by atoms with Crippen molar-refractivity contribution in [3.63, 3.8) is 0 Å². The van der Waals surface area contributed by atoms with Crippen molar-refractivity contribution >= 4 is 21.8 Å². The van der Waals surface area contributed by atoms with E-state index in [9.17, 15) is 4.79 Å². The number of halogens is 1. The van der Waals surface area contributed by atoms with Crippen LogP contribution >= 0.6 is 15.9 Å². The van der Waals surface area contributed by atoms with Crippen molar-refractivity contribution in [2.24, 2.45) is 5.92 Å². The Kier molecular flexibility index (Phi) is 5.06. The molecule has 0 bridgehead atoms. The Bertz CT molecular complexity index is 322. The van der Waals surface area contributed by atoms with Gasteiger partial charge < -0.3 is 9.32 Å². The topological polar surface area (TPSA) is 33.5 Å². The first kappa shape index (κ1) is 13.3. The number of carbonyl (C=O) groups excluding carboxylic acids is 1. The van der Waals surface area contributed by atoms with Crippen LogP contribution in [0.2, 0.25) is 0 Å². The summed E-state index contributed by atoms with van der Waals surface area (Å²) in [6.45, 7) is 7.25. The van der Waals surface area contributed by atoms with E-state index < -0.39 is 0 Å². The minimum absolute atomic E-state index is 0.119. The number of alkyl halides is 1. The van der Waals surface area contributed by atoms with E-state index >= 15 is 0 Å². The number of furan rings is 1. The summed E-state index contributed by atoms with van der Waals surface area (Å²) in [6.07, 6.45) is 1.63. The quantitative estimate of drug-likeness (QED) is 0.780. The molecule has 0 aromatic carbocycles. The highest BCUT2D eigenvalue weighted by atomic mass is 79.9. The van der Waals surface area contributed by atoms with Crippen molar-refractivity contribution in [3.05, 3.63) is 24.2 Å². The van der Waals surface area contributed by atoms with E-state index in [1.807, 2.05) is 32.9 Å². The third-order valence-corrected chi connectivity index (χ3v) is 3.89. The highest BCUT2D eigenvalue weighted by Gasteiger charge is 2.24. The summed E-state index contributed by atoms with van der Waals surface area (Å²) in [5.41, 5.74) is 0. The summed E-state index contributed by atoms with van der Waals surface area (Å²) >= 11 is 3.43. The zero-order valence-corrected chi connectivity index (χ0v) is 11.5. The first-order valence-corrected chi connectivity index (χ1v) is 6.43. The molecule has 0 aliphatic carbocycles. The lowest BCUT2D eigenvalue weighted by Gasteiger charge is -2.24. The van der Waals surface area contributed by atoms with Gasteiger partial charge in [0.25, 0.3) is 0 Å². The van der Waals surface area contributed by atoms with E-state index in [1.165, 1.54) is 0 Å². The Hall–Kier alpha value is -0.770. The normalized spacial score (nSPS) is 12.8. The van der Waals surface area contributed by atoms with Crippen molar-refractivity contribution in [1.82, 2.24) is 4.90 Å². The van der Waals surface area contributed by atoms with Gasteiger partial charge in [0.2, 0.25) is 5.91 Å². The molecular weight excluding hydrogens is 270 g/mol. The molecule has 0 saturated carbocycles. The average molecular weight is 288 g/mol. The van der Waals surface area contributed by atoms with Crippen LogP contribution in [-0.4, -0.2) is 22.2 Å². The van der Waals surface area contributed by atoms with E-state index in [4.69, 9.17) is 4.42 Å². The molecule has 16 heavy (non-hydrogen) atoms. The molecule has 1 amide bonds. The number of rotatable bonds is 5. The van der Waals surface area contributed by atoms with Crippen LogP contribution in [0.15, 0.2) is 22.8 Å². The van der Waals surface area contributed by atoms with E-state index in [0.717, 1.165) is 5.76 Å². The Morgan fingerprint density at radius 1 is 1.56 bits per heavy atom. The molecule has 4 heteroatoms. The average Bonchev–Trinajstić information content (AvgIpc) is 2.76. The lowest BCUT2D eigenvalue weighted by atomic mass is 10.1. The molecule has 0 aliphatic rings. The fourth-order valence-electron chi connectivity index (χ4n) is 1.40. The Balaban J connectivity index is 2.64. The first-order chi connectivity index (χ1) is 7.56. The number of carbonyl (C=O) groups is 1. The third kappa shape index (κ3) is 3.37.